The molecule has 1 aliphatic rings. The number of hydrogen-bond donors (Lipinski definition) is 1. The van der Waals surface area contributed by atoms with Gasteiger partial charge in [-0.05, 0) is 53.9 Å². The molecule has 1 aromatic rings. The lowest BCUT2D eigenvalue weighted by molar-refractivity contribution is 0.442. The van der Waals surface area contributed by atoms with Crippen LogP contribution in [0.4, 0.5) is 0 Å². The largest absolute Gasteiger partial charge is 0.508 e. The minimum atomic E-state index is 0.391. The first-order chi connectivity index (χ1) is 7.27. The molecule has 2 unspecified atom stereocenters. The first kappa shape index (κ1) is 10.9. The van der Waals surface area contributed by atoms with Crippen molar-refractivity contribution in [1.29, 1.82) is 0 Å². The Bertz CT molecular complexity index is 318. The lowest BCUT2D eigenvalue weighted by Crippen LogP contribution is -2.17. The maximum Gasteiger partial charge on any atom is 0.115 e. The molecule has 0 aliphatic carbocycles. The van der Waals surface area contributed by atoms with Crippen LogP contribution < -0.4 is 0 Å². The molecule has 1 heterocycles. The highest BCUT2D eigenvalue weighted by Crippen LogP contribution is 2.35. The smallest absolute Gasteiger partial charge is 0.115 e. The summed E-state index contributed by atoms with van der Waals surface area (Å²) >= 11 is 2.07. The molecule has 2 atom stereocenters. The highest BCUT2D eigenvalue weighted by Gasteiger charge is 2.21. The number of benzene rings is 1. The second-order valence-electron chi connectivity index (χ2n) is 4.36. The van der Waals surface area contributed by atoms with E-state index < -0.39 is 0 Å². The predicted octanol–water partition coefficient (Wildman–Crippen LogP) is 3.64. The number of thioether (sulfide) groups is 1. The van der Waals surface area contributed by atoms with Gasteiger partial charge in [0.05, 0.1) is 0 Å². The Morgan fingerprint density at radius 3 is 3.00 bits per heavy atom. The molecule has 1 nitrogen and oxygen atoms in total. The Morgan fingerprint density at radius 1 is 1.47 bits per heavy atom. The normalized spacial score (nSPS) is 23.7. The van der Waals surface area contributed by atoms with Gasteiger partial charge in [0, 0.05) is 0 Å². The molecule has 1 aliphatic heterocycles. The van der Waals surface area contributed by atoms with E-state index in [9.17, 15) is 5.11 Å². The molecule has 15 heavy (non-hydrogen) atoms. The van der Waals surface area contributed by atoms with Crippen molar-refractivity contribution in [3.63, 3.8) is 0 Å². The molecule has 2 rings (SSSR count). The summed E-state index contributed by atoms with van der Waals surface area (Å²) < 4.78 is 0. The van der Waals surface area contributed by atoms with E-state index in [0.29, 0.717) is 11.7 Å². The number of rotatable bonds is 2. The zero-order valence-corrected chi connectivity index (χ0v) is 9.96. The first-order valence-electron chi connectivity index (χ1n) is 5.64. The zero-order chi connectivity index (χ0) is 10.7. The van der Waals surface area contributed by atoms with Gasteiger partial charge in [-0.1, -0.05) is 19.1 Å². The van der Waals surface area contributed by atoms with Gasteiger partial charge in [-0.25, -0.2) is 0 Å². The van der Waals surface area contributed by atoms with E-state index in [1.54, 1.807) is 6.07 Å². The molecule has 0 aromatic heterocycles. The lowest BCUT2D eigenvalue weighted by atomic mass is 9.85. The van der Waals surface area contributed by atoms with Gasteiger partial charge in [0.2, 0.25) is 0 Å². The van der Waals surface area contributed by atoms with E-state index >= 15 is 0 Å². The van der Waals surface area contributed by atoms with E-state index in [1.807, 2.05) is 12.1 Å². The van der Waals surface area contributed by atoms with Crippen molar-refractivity contribution in [2.75, 3.05) is 11.5 Å². The van der Waals surface area contributed by atoms with Crippen molar-refractivity contribution in [1.82, 2.24) is 0 Å². The minimum Gasteiger partial charge on any atom is -0.508 e. The molecule has 2 heteroatoms. The van der Waals surface area contributed by atoms with Gasteiger partial charge in [-0.3, -0.25) is 0 Å². The summed E-state index contributed by atoms with van der Waals surface area (Å²) in [5, 5.41) is 9.46. The van der Waals surface area contributed by atoms with Crippen molar-refractivity contribution in [2.24, 2.45) is 5.92 Å². The van der Waals surface area contributed by atoms with Crippen molar-refractivity contribution in [3.05, 3.63) is 29.8 Å². The Kier molecular flexibility index (Phi) is 3.57. The molecule has 0 spiro atoms. The van der Waals surface area contributed by atoms with E-state index in [-0.39, 0.29) is 0 Å². The molecule has 1 saturated heterocycles. The summed E-state index contributed by atoms with van der Waals surface area (Å²) in [6, 6.07) is 7.72. The van der Waals surface area contributed by atoms with Crippen molar-refractivity contribution in [3.8, 4) is 5.75 Å². The number of hydrogen-bond acceptors (Lipinski definition) is 2. The van der Waals surface area contributed by atoms with Crippen molar-refractivity contribution < 1.29 is 5.11 Å². The van der Waals surface area contributed by atoms with Gasteiger partial charge in [0.15, 0.2) is 0 Å². The van der Waals surface area contributed by atoms with Crippen LogP contribution in [-0.2, 0) is 0 Å². The molecule has 0 amide bonds. The standard InChI is InChI=1S/C13H18OS/c1-10(12-5-3-7-15-9-12)11-4-2-6-13(14)8-11/h2,4,6,8,10,12,14H,3,5,7,9H2,1H3. The highest BCUT2D eigenvalue weighted by molar-refractivity contribution is 7.99. The summed E-state index contributed by atoms with van der Waals surface area (Å²) in [5.41, 5.74) is 1.28. The quantitative estimate of drug-likeness (QED) is 0.824. The molecule has 1 fully saturated rings. The molecular weight excluding hydrogens is 204 g/mol. The average Bonchev–Trinajstić information content (AvgIpc) is 2.29. The van der Waals surface area contributed by atoms with Gasteiger partial charge in [0.25, 0.3) is 0 Å². The van der Waals surface area contributed by atoms with Crippen LogP contribution in [0.15, 0.2) is 24.3 Å². The molecule has 0 saturated carbocycles. The van der Waals surface area contributed by atoms with Gasteiger partial charge >= 0.3 is 0 Å². The molecule has 0 radical (unpaired) electrons. The van der Waals surface area contributed by atoms with Crippen molar-refractivity contribution in [2.45, 2.75) is 25.7 Å². The van der Waals surface area contributed by atoms with Crippen LogP contribution in [0, 0.1) is 5.92 Å². The van der Waals surface area contributed by atoms with Crippen LogP contribution in [0.2, 0.25) is 0 Å². The fraction of sp³-hybridized carbons (Fsp3) is 0.538. The third kappa shape index (κ3) is 2.69. The second kappa shape index (κ2) is 4.93. The van der Waals surface area contributed by atoms with Crippen LogP contribution in [0.1, 0.15) is 31.2 Å². The second-order valence-corrected chi connectivity index (χ2v) is 5.51. The van der Waals surface area contributed by atoms with Crippen LogP contribution in [-0.4, -0.2) is 16.6 Å². The van der Waals surface area contributed by atoms with E-state index in [1.165, 1.54) is 29.9 Å². The number of phenolic OH excluding ortho intramolecular Hbond substituents is 1. The van der Waals surface area contributed by atoms with Gasteiger partial charge in [0.1, 0.15) is 5.75 Å². The van der Waals surface area contributed by atoms with Crippen LogP contribution in [0.5, 0.6) is 5.75 Å². The summed E-state index contributed by atoms with van der Waals surface area (Å²) in [6.45, 7) is 2.28. The van der Waals surface area contributed by atoms with Gasteiger partial charge in [-0.2, -0.15) is 11.8 Å². The molecule has 1 N–H and O–H groups in total. The topological polar surface area (TPSA) is 20.2 Å². The predicted molar refractivity (Wildman–Crippen MR) is 66.6 cm³/mol. The van der Waals surface area contributed by atoms with Gasteiger partial charge < -0.3 is 5.11 Å². The lowest BCUT2D eigenvalue weighted by Gasteiger charge is -2.27. The Morgan fingerprint density at radius 2 is 2.33 bits per heavy atom. The van der Waals surface area contributed by atoms with E-state index in [4.69, 9.17) is 0 Å². The van der Waals surface area contributed by atoms with E-state index in [2.05, 4.69) is 24.8 Å². The van der Waals surface area contributed by atoms with Crippen LogP contribution in [0.25, 0.3) is 0 Å². The number of phenols is 1. The zero-order valence-electron chi connectivity index (χ0n) is 9.15. The monoisotopic (exact) mass is 222 g/mol. The average molecular weight is 222 g/mol. The minimum absolute atomic E-state index is 0.391. The Labute approximate surface area is 95.9 Å². The molecule has 1 aromatic carbocycles. The van der Waals surface area contributed by atoms with Gasteiger partial charge in [-0.15, -0.1) is 0 Å². The molecule has 0 bridgehead atoms. The SMILES string of the molecule is CC(c1cccc(O)c1)C1CCCSC1. The summed E-state index contributed by atoms with van der Waals surface area (Å²) in [4.78, 5) is 0. The fourth-order valence-corrected chi connectivity index (χ4v) is 3.54. The highest BCUT2D eigenvalue weighted by atomic mass is 32.2. The summed E-state index contributed by atoms with van der Waals surface area (Å²) in [5.74, 6) is 4.35. The number of aromatic hydroxyl groups is 1. The molecule has 82 valence electrons. The summed E-state index contributed by atoms with van der Waals surface area (Å²) in [7, 11) is 0. The van der Waals surface area contributed by atoms with E-state index in [0.717, 1.165) is 5.92 Å². The third-order valence-corrected chi connectivity index (χ3v) is 4.54. The van der Waals surface area contributed by atoms with Crippen molar-refractivity contribution >= 4 is 11.8 Å². The van der Waals surface area contributed by atoms with Crippen LogP contribution >= 0.6 is 11.8 Å². The summed E-state index contributed by atoms with van der Waals surface area (Å²) in [6.07, 6.45) is 2.68. The Balaban J connectivity index is 2.08. The maximum atomic E-state index is 9.46. The molecular formula is C13H18OS. The fourth-order valence-electron chi connectivity index (χ4n) is 2.24. The third-order valence-electron chi connectivity index (χ3n) is 3.30. The Hall–Kier alpha value is -0.630. The maximum absolute atomic E-state index is 9.46. The first-order valence-corrected chi connectivity index (χ1v) is 6.79. The van der Waals surface area contributed by atoms with Crippen LogP contribution in [0.3, 0.4) is 0 Å².